The third-order valence-corrected chi connectivity index (χ3v) is 2.36. The maximum atomic E-state index is 11.9. The predicted octanol–water partition coefficient (Wildman–Crippen LogP) is 3.64. The summed E-state index contributed by atoms with van der Waals surface area (Å²) in [7, 11) is 0. The summed E-state index contributed by atoms with van der Waals surface area (Å²) in [6.07, 6.45) is -0.544. The quantitative estimate of drug-likeness (QED) is 0.785. The number of carbonyl (C=O) groups excluding carboxylic acids is 1. The van der Waals surface area contributed by atoms with E-state index in [2.05, 4.69) is 0 Å². The van der Waals surface area contributed by atoms with Crippen molar-refractivity contribution in [3.63, 3.8) is 0 Å². The lowest BCUT2D eigenvalue weighted by atomic mass is 10.3. The van der Waals surface area contributed by atoms with Crippen LogP contribution >= 0.6 is 0 Å². The molecule has 0 fully saturated rings. The van der Waals surface area contributed by atoms with Crippen LogP contribution in [0.15, 0.2) is 60.7 Å². The average Bonchev–Trinajstić information content (AvgIpc) is 2.47. The summed E-state index contributed by atoms with van der Waals surface area (Å²) in [6, 6.07) is 18.2. The number of hydrogen-bond donors (Lipinski definition) is 0. The van der Waals surface area contributed by atoms with Gasteiger partial charge in [0.05, 0.1) is 12.3 Å². The Balaban J connectivity index is 2.22. The molecule has 0 saturated carbocycles. The van der Waals surface area contributed by atoms with Crippen molar-refractivity contribution in [2.75, 3.05) is 11.7 Å². The number of carbonyl (C=O) groups is 1. The van der Waals surface area contributed by atoms with E-state index < -0.39 is 6.09 Å². The van der Waals surface area contributed by atoms with Crippen LogP contribution in [-0.2, 0) is 4.74 Å². The predicted molar refractivity (Wildman–Crippen MR) is 73.0 cm³/mol. The normalized spacial score (nSPS) is 9.74. The van der Waals surface area contributed by atoms with Gasteiger partial charge in [0, 0.05) is 0 Å². The lowest BCUT2D eigenvalue weighted by molar-refractivity contribution is 0.131. The largest absolute Gasteiger partial charge is 0.448 e. The minimum atomic E-state index is -0.544. The molecule has 0 bridgehead atoms. The van der Waals surface area contributed by atoms with E-state index in [1.807, 2.05) is 36.4 Å². The van der Waals surface area contributed by atoms with Gasteiger partial charge in [0.2, 0.25) is 0 Å². The summed E-state index contributed by atoms with van der Waals surface area (Å²) >= 11 is 0. The van der Waals surface area contributed by atoms with E-state index in [-0.39, 0.29) is 0 Å². The molecule has 1 amide bonds. The fourth-order valence-electron chi connectivity index (χ4n) is 1.53. The highest BCUT2D eigenvalue weighted by molar-refractivity contribution is 5.85. The number of rotatable bonds is 4. The Morgan fingerprint density at radius 1 is 1.00 bits per heavy atom. The first kappa shape index (κ1) is 13.0. The van der Waals surface area contributed by atoms with Crippen molar-refractivity contribution < 1.29 is 14.4 Å². The second kappa shape index (κ2) is 6.44. The van der Waals surface area contributed by atoms with E-state index in [4.69, 9.17) is 9.57 Å². The minimum Gasteiger partial charge on any atom is -0.447 e. The lowest BCUT2D eigenvalue weighted by Gasteiger charge is -2.21. The Bertz CT molecular complexity index is 513. The molecular weight excluding hydrogens is 242 g/mol. The van der Waals surface area contributed by atoms with Gasteiger partial charge >= 0.3 is 6.09 Å². The maximum Gasteiger partial charge on any atom is 0.448 e. The van der Waals surface area contributed by atoms with E-state index in [0.717, 1.165) is 5.06 Å². The highest BCUT2D eigenvalue weighted by Gasteiger charge is 2.19. The molecule has 19 heavy (non-hydrogen) atoms. The molecule has 0 radical (unpaired) electrons. The zero-order valence-electron chi connectivity index (χ0n) is 10.7. The van der Waals surface area contributed by atoms with Gasteiger partial charge in [-0.15, -0.1) is 5.06 Å². The molecule has 2 aromatic carbocycles. The van der Waals surface area contributed by atoms with Crippen molar-refractivity contribution in [2.24, 2.45) is 0 Å². The SMILES string of the molecule is CCOC(=O)N(Oc1ccccc1)c1ccccc1. The second-order valence-electron chi connectivity index (χ2n) is 3.73. The first-order chi connectivity index (χ1) is 9.31. The highest BCUT2D eigenvalue weighted by Crippen LogP contribution is 2.19. The summed E-state index contributed by atoms with van der Waals surface area (Å²) in [4.78, 5) is 17.5. The van der Waals surface area contributed by atoms with Gasteiger partial charge in [-0.1, -0.05) is 36.4 Å². The molecule has 0 aliphatic heterocycles. The van der Waals surface area contributed by atoms with Crippen LogP contribution in [0.25, 0.3) is 0 Å². The molecule has 4 heteroatoms. The molecule has 0 N–H and O–H groups in total. The van der Waals surface area contributed by atoms with Crippen LogP contribution in [0.2, 0.25) is 0 Å². The molecule has 0 aromatic heterocycles. The van der Waals surface area contributed by atoms with Crippen LogP contribution in [0.5, 0.6) is 5.75 Å². The molecule has 4 nitrogen and oxygen atoms in total. The van der Waals surface area contributed by atoms with Gasteiger partial charge in [-0.3, -0.25) is 0 Å². The molecule has 0 saturated heterocycles. The van der Waals surface area contributed by atoms with E-state index >= 15 is 0 Å². The van der Waals surface area contributed by atoms with Crippen molar-refractivity contribution in [3.8, 4) is 5.75 Å². The number of para-hydroxylation sites is 2. The maximum absolute atomic E-state index is 11.9. The van der Waals surface area contributed by atoms with E-state index in [0.29, 0.717) is 18.0 Å². The Labute approximate surface area is 112 Å². The molecule has 0 heterocycles. The zero-order chi connectivity index (χ0) is 13.5. The Kier molecular flexibility index (Phi) is 4.39. The van der Waals surface area contributed by atoms with Crippen molar-refractivity contribution in [1.82, 2.24) is 0 Å². The smallest absolute Gasteiger partial charge is 0.447 e. The van der Waals surface area contributed by atoms with Crippen molar-refractivity contribution in [2.45, 2.75) is 6.92 Å². The molecule has 0 unspecified atom stereocenters. The lowest BCUT2D eigenvalue weighted by Crippen LogP contribution is -2.34. The number of ether oxygens (including phenoxy) is 1. The van der Waals surface area contributed by atoms with Crippen molar-refractivity contribution >= 4 is 11.8 Å². The summed E-state index contributed by atoms with van der Waals surface area (Å²) in [5.74, 6) is 0.569. The standard InChI is InChI=1S/C15H15NO3/c1-2-18-15(17)16(13-9-5-3-6-10-13)19-14-11-7-4-8-12-14/h3-12H,2H2,1H3. The van der Waals surface area contributed by atoms with Crippen LogP contribution in [-0.4, -0.2) is 12.7 Å². The van der Waals surface area contributed by atoms with Crippen LogP contribution in [0.4, 0.5) is 10.5 Å². The van der Waals surface area contributed by atoms with Gasteiger partial charge in [-0.2, -0.15) is 0 Å². The number of hydrogen-bond acceptors (Lipinski definition) is 3. The fraction of sp³-hybridized carbons (Fsp3) is 0.133. The first-order valence-corrected chi connectivity index (χ1v) is 6.06. The van der Waals surface area contributed by atoms with Crippen molar-refractivity contribution in [1.29, 1.82) is 0 Å². The monoisotopic (exact) mass is 257 g/mol. The van der Waals surface area contributed by atoms with Crippen LogP contribution in [0.3, 0.4) is 0 Å². The summed E-state index contributed by atoms with van der Waals surface area (Å²) in [5.41, 5.74) is 0.616. The van der Waals surface area contributed by atoms with Crippen LogP contribution in [0.1, 0.15) is 6.92 Å². The van der Waals surface area contributed by atoms with E-state index in [1.54, 1.807) is 31.2 Å². The number of benzene rings is 2. The van der Waals surface area contributed by atoms with Gasteiger partial charge in [0.15, 0.2) is 5.75 Å². The van der Waals surface area contributed by atoms with Crippen molar-refractivity contribution in [3.05, 3.63) is 60.7 Å². The second-order valence-corrected chi connectivity index (χ2v) is 3.73. The molecule has 98 valence electrons. The minimum absolute atomic E-state index is 0.292. The van der Waals surface area contributed by atoms with Gasteiger partial charge < -0.3 is 9.57 Å². The Hall–Kier alpha value is -2.49. The van der Waals surface area contributed by atoms with Gasteiger partial charge in [-0.25, -0.2) is 4.79 Å². The molecule has 2 aromatic rings. The summed E-state index contributed by atoms with van der Waals surface area (Å²) < 4.78 is 4.99. The van der Waals surface area contributed by atoms with Gasteiger partial charge in [0.1, 0.15) is 0 Å². The fourth-order valence-corrected chi connectivity index (χ4v) is 1.53. The Morgan fingerprint density at radius 2 is 1.58 bits per heavy atom. The number of amides is 1. The number of hydroxylamine groups is 1. The number of anilines is 1. The van der Waals surface area contributed by atoms with Crippen LogP contribution in [0, 0.1) is 0 Å². The molecular formula is C15H15NO3. The van der Waals surface area contributed by atoms with Crippen LogP contribution < -0.4 is 9.90 Å². The topological polar surface area (TPSA) is 38.8 Å². The molecule has 0 spiro atoms. The molecule has 2 rings (SSSR count). The zero-order valence-corrected chi connectivity index (χ0v) is 10.7. The highest BCUT2D eigenvalue weighted by atomic mass is 16.7. The molecule has 0 atom stereocenters. The molecule has 0 aliphatic carbocycles. The summed E-state index contributed by atoms with van der Waals surface area (Å²) in [6.45, 7) is 2.05. The summed E-state index contributed by atoms with van der Waals surface area (Å²) in [5, 5.41) is 1.14. The van der Waals surface area contributed by atoms with Gasteiger partial charge in [0.25, 0.3) is 0 Å². The van der Waals surface area contributed by atoms with E-state index in [1.165, 1.54) is 0 Å². The first-order valence-electron chi connectivity index (χ1n) is 6.06. The van der Waals surface area contributed by atoms with Gasteiger partial charge in [-0.05, 0) is 31.2 Å². The average molecular weight is 257 g/mol. The third kappa shape index (κ3) is 3.48. The van der Waals surface area contributed by atoms with E-state index in [9.17, 15) is 4.79 Å². The molecule has 0 aliphatic rings. The third-order valence-electron chi connectivity index (χ3n) is 2.36. The Morgan fingerprint density at radius 3 is 2.16 bits per heavy atom. The number of nitrogens with zero attached hydrogens (tertiary/aromatic N) is 1.